The number of hydrogen-bond acceptors (Lipinski definition) is 4. The van der Waals surface area contributed by atoms with Gasteiger partial charge < -0.3 is 15.5 Å². The Kier molecular flexibility index (Phi) is 5.89. The van der Waals surface area contributed by atoms with E-state index in [2.05, 4.69) is 10.2 Å². The quantitative estimate of drug-likeness (QED) is 0.647. The molecule has 1 saturated carbocycles. The molecule has 2 atom stereocenters. The van der Waals surface area contributed by atoms with Gasteiger partial charge in [-0.25, -0.2) is 0 Å². The van der Waals surface area contributed by atoms with Crippen LogP contribution in [0.25, 0.3) is 0 Å². The van der Waals surface area contributed by atoms with Crippen LogP contribution in [0.5, 0.6) is 0 Å². The number of nitrogens with one attached hydrogen (secondary N) is 1. The van der Waals surface area contributed by atoms with Crippen molar-refractivity contribution >= 4 is 0 Å². The summed E-state index contributed by atoms with van der Waals surface area (Å²) in [6, 6.07) is 0.563. The van der Waals surface area contributed by atoms with Gasteiger partial charge in [0, 0.05) is 32.2 Å². The first kappa shape index (κ1) is 14.3. The van der Waals surface area contributed by atoms with Gasteiger partial charge in [-0.3, -0.25) is 4.90 Å². The van der Waals surface area contributed by atoms with E-state index >= 15 is 0 Å². The SMILES string of the molecule is OC1CNCC(O)CN(C2CCCCCCC2)C1. The molecule has 2 rings (SSSR count). The largest absolute Gasteiger partial charge is 0.390 e. The predicted molar refractivity (Wildman–Crippen MR) is 72.6 cm³/mol. The van der Waals surface area contributed by atoms with E-state index in [1.165, 1.54) is 44.9 Å². The van der Waals surface area contributed by atoms with Crippen molar-refractivity contribution in [2.24, 2.45) is 0 Å². The molecule has 0 spiro atoms. The summed E-state index contributed by atoms with van der Waals surface area (Å²) in [5.41, 5.74) is 0. The van der Waals surface area contributed by atoms with E-state index in [0.29, 0.717) is 32.2 Å². The summed E-state index contributed by atoms with van der Waals surface area (Å²) < 4.78 is 0. The van der Waals surface area contributed by atoms with Crippen molar-refractivity contribution in [3.8, 4) is 0 Å². The summed E-state index contributed by atoms with van der Waals surface area (Å²) >= 11 is 0. The number of hydrogen-bond donors (Lipinski definition) is 3. The molecule has 4 heteroatoms. The summed E-state index contributed by atoms with van der Waals surface area (Å²) in [6.45, 7) is 2.60. The van der Waals surface area contributed by atoms with E-state index < -0.39 is 0 Å². The van der Waals surface area contributed by atoms with Gasteiger partial charge in [-0.05, 0) is 12.8 Å². The van der Waals surface area contributed by atoms with E-state index in [0.717, 1.165) is 0 Å². The molecule has 0 aromatic carbocycles. The molecule has 2 fully saturated rings. The normalized spacial score (nSPS) is 34.3. The van der Waals surface area contributed by atoms with Gasteiger partial charge in [0.25, 0.3) is 0 Å². The predicted octanol–water partition coefficient (Wildman–Crippen LogP) is 0.726. The van der Waals surface area contributed by atoms with Crippen LogP contribution in [0.2, 0.25) is 0 Å². The highest BCUT2D eigenvalue weighted by Gasteiger charge is 2.25. The lowest BCUT2D eigenvalue weighted by Crippen LogP contribution is -2.52. The lowest BCUT2D eigenvalue weighted by molar-refractivity contribution is 0.0222. The van der Waals surface area contributed by atoms with E-state index in [4.69, 9.17) is 0 Å². The van der Waals surface area contributed by atoms with Crippen LogP contribution in [0.15, 0.2) is 0 Å². The zero-order chi connectivity index (χ0) is 12.8. The molecular formula is C14H28N2O2. The van der Waals surface area contributed by atoms with Crippen molar-refractivity contribution in [2.75, 3.05) is 26.2 Å². The standard InChI is InChI=1S/C14H28N2O2/c17-13-8-15-9-14(18)11-16(10-13)12-6-4-2-1-3-5-7-12/h12-15,17-18H,1-11H2. The summed E-state index contributed by atoms with van der Waals surface area (Å²) in [7, 11) is 0. The lowest BCUT2D eigenvalue weighted by atomic mass is 9.95. The molecule has 1 saturated heterocycles. The first-order valence-corrected chi connectivity index (χ1v) is 7.56. The Bertz CT molecular complexity index is 218. The topological polar surface area (TPSA) is 55.7 Å². The molecule has 0 radical (unpaired) electrons. The van der Waals surface area contributed by atoms with E-state index in [1.807, 2.05) is 0 Å². The number of β-amino-alcohol motifs (C(OH)–C–C–N with tert-alkyl or cyclic N) is 2. The van der Waals surface area contributed by atoms with E-state index in [-0.39, 0.29) is 12.2 Å². The van der Waals surface area contributed by atoms with Crippen molar-refractivity contribution in [3.05, 3.63) is 0 Å². The molecular weight excluding hydrogens is 228 g/mol. The number of nitrogens with zero attached hydrogens (tertiary/aromatic N) is 1. The molecule has 106 valence electrons. The minimum absolute atomic E-state index is 0.303. The number of aliphatic hydroxyl groups excluding tert-OH is 2. The monoisotopic (exact) mass is 256 g/mol. The van der Waals surface area contributed by atoms with Crippen LogP contribution in [-0.4, -0.2) is 59.5 Å². The molecule has 0 bridgehead atoms. The zero-order valence-corrected chi connectivity index (χ0v) is 11.4. The van der Waals surface area contributed by atoms with Crippen molar-refractivity contribution in [3.63, 3.8) is 0 Å². The smallest absolute Gasteiger partial charge is 0.0791 e. The van der Waals surface area contributed by atoms with Crippen LogP contribution in [0.3, 0.4) is 0 Å². The molecule has 18 heavy (non-hydrogen) atoms. The van der Waals surface area contributed by atoms with Crippen LogP contribution in [0.4, 0.5) is 0 Å². The van der Waals surface area contributed by atoms with Crippen LogP contribution in [-0.2, 0) is 0 Å². The molecule has 3 N–H and O–H groups in total. The fourth-order valence-corrected chi connectivity index (χ4v) is 3.26. The molecule has 1 aliphatic carbocycles. The van der Waals surface area contributed by atoms with E-state index in [1.54, 1.807) is 0 Å². The van der Waals surface area contributed by atoms with Gasteiger partial charge in [-0.2, -0.15) is 0 Å². The molecule has 1 heterocycles. The van der Waals surface area contributed by atoms with Gasteiger partial charge in [-0.15, -0.1) is 0 Å². The summed E-state index contributed by atoms with van der Waals surface area (Å²) in [5.74, 6) is 0. The van der Waals surface area contributed by atoms with Gasteiger partial charge in [0.1, 0.15) is 0 Å². The minimum atomic E-state index is -0.303. The van der Waals surface area contributed by atoms with Crippen molar-refractivity contribution in [1.82, 2.24) is 10.2 Å². The molecule has 0 aromatic rings. The van der Waals surface area contributed by atoms with Crippen LogP contribution < -0.4 is 5.32 Å². The van der Waals surface area contributed by atoms with Crippen molar-refractivity contribution in [1.29, 1.82) is 0 Å². The maximum Gasteiger partial charge on any atom is 0.0791 e. The third-order valence-corrected chi connectivity index (χ3v) is 4.24. The Morgan fingerprint density at radius 1 is 0.778 bits per heavy atom. The Morgan fingerprint density at radius 3 is 1.83 bits per heavy atom. The maximum atomic E-state index is 9.94. The van der Waals surface area contributed by atoms with Crippen LogP contribution >= 0.6 is 0 Å². The third-order valence-electron chi connectivity index (χ3n) is 4.24. The number of rotatable bonds is 1. The Balaban J connectivity index is 1.92. The average molecular weight is 256 g/mol. The van der Waals surface area contributed by atoms with Crippen LogP contribution in [0.1, 0.15) is 44.9 Å². The molecule has 0 aromatic heterocycles. The van der Waals surface area contributed by atoms with Gasteiger partial charge in [0.15, 0.2) is 0 Å². The van der Waals surface area contributed by atoms with Crippen LogP contribution in [0, 0.1) is 0 Å². The highest BCUT2D eigenvalue weighted by Crippen LogP contribution is 2.22. The van der Waals surface area contributed by atoms with Crippen molar-refractivity contribution < 1.29 is 10.2 Å². The maximum absolute atomic E-state index is 9.94. The second-order valence-electron chi connectivity index (χ2n) is 5.92. The summed E-state index contributed by atoms with van der Waals surface area (Å²) in [5, 5.41) is 23.0. The highest BCUT2D eigenvalue weighted by atomic mass is 16.3. The first-order valence-electron chi connectivity index (χ1n) is 7.56. The van der Waals surface area contributed by atoms with Gasteiger partial charge in [0.05, 0.1) is 12.2 Å². The summed E-state index contributed by atoms with van der Waals surface area (Å²) in [4.78, 5) is 2.33. The Hall–Kier alpha value is -0.160. The lowest BCUT2D eigenvalue weighted by Gasteiger charge is -2.37. The zero-order valence-electron chi connectivity index (χ0n) is 11.4. The second-order valence-corrected chi connectivity index (χ2v) is 5.92. The van der Waals surface area contributed by atoms with Crippen molar-refractivity contribution in [2.45, 2.75) is 63.2 Å². The minimum Gasteiger partial charge on any atom is -0.390 e. The van der Waals surface area contributed by atoms with Gasteiger partial charge >= 0.3 is 0 Å². The number of aliphatic hydroxyl groups is 2. The molecule has 1 aliphatic heterocycles. The highest BCUT2D eigenvalue weighted by molar-refractivity contribution is 4.82. The molecule has 2 aliphatic rings. The first-order chi connectivity index (χ1) is 8.75. The molecule has 4 nitrogen and oxygen atoms in total. The third kappa shape index (κ3) is 4.50. The molecule has 0 amide bonds. The van der Waals surface area contributed by atoms with E-state index in [9.17, 15) is 10.2 Å². The second kappa shape index (κ2) is 7.43. The fourth-order valence-electron chi connectivity index (χ4n) is 3.26. The van der Waals surface area contributed by atoms with Gasteiger partial charge in [0.2, 0.25) is 0 Å². The molecule has 2 unspecified atom stereocenters. The summed E-state index contributed by atoms with van der Waals surface area (Å²) in [6.07, 6.45) is 8.51. The Labute approximate surface area is 110 Å². The Morgan fingerprint density at radius 2 is 1.28 bits per heavy atom. The van der Waals surface area contributed by atoms with Gasteiger partial charge in [-0.1, -0.05) is 32.1 Å². The fraction of sp³-hybridized carbons (Fsp3) is 1.00. The average Bonchev–Trinajstić information content (AvgIpc) is 2.25.